The van der Waals surface area contributed by atoms with Gasteiger partial charge in [-0.05, 0) is 76.7 Å². The first kappa shape index (κ1) is 23.8. The van der Waals surface area contributed by atoms with Crippen LogP contribution in [0.2, 0.25) is 0 Å². The minimum absolute atomic E-state index is 0.0218. The number of hydrogen-bond acceptors (Lipinski definition) is 7. The third kappa shape index (κ3) is 4.01. The lowest BCUT2D eigenvalue weighted by atomic mass is 9.95. The summed E-state index contributed by atoms with van der Waals surface area (Å²) in [6.07, 6.45) is -0.946. The number of carbonyl (C=O) groups excluding carboxylic acids is 2. The van der Waals surface area contributed by atoms with Gasteiger partial charge in [0.15, 0.2) is 6.10 Å². The van der Waals surface area contributed by atoms with Crippen molar-refractivity contribution in [1.29, 1.82) is 0 Å². The van der Waals surface area contributed by atoms with E-state index in [1.165, 1.54) is 28.4 Å². The third-order valence-corrected chi connectivity index (χ3v) is 8.62. The van der Waals surface area contributed by atoms with Crippen molar-refractivity contribution in [3.05, 3.63) is 110 Å². The molecule has 10 heteroatoms. The molecule has 8 nitrogen and oxygen atoms in total. The lowest BCUT2D eigenvalue weighted by Crippen LogP contribution is -2.37. The Morgan fingerprint density at radius 1 is 0.865 bits per heavy atom. The van der Waals surface area contributed by atoms with Crippen LogP contribution in [0.15, 0.2) is 91.0 Å². The van der Waals surface area contributed by atoms with Crippen LogP contribution in [-0.4, -0.2) is 22.8 Å². The van der Waals surface area contributed by atoms with E-state index in [1.54, 1.807) is 29.3 Å². The van der Waals surface area contributed by atoms with Crippen molar-refractivity contribution in [3.8, 4) is 10.4 Å². The summed E-state index contributed by atoms with van der Waals surface area (Å²) >= 11 is 3.60. The van der Waals surface area contributed by atoms with Gasteiger partial charge in [0, 0.05) is 25.5 Å². The number of nitrogens with zero attached hydrogens (tertiary/aromatic N) is 3. The zero-order valence-electron chi connectivity index (χ0n) is 19.1. The molecular weight excluding hydrogens is 605 g/mol. The molecule has 0 aliphatic carbocycles. The Hall–Kier alpha value is -3.61. The highest BCUT2D eigenvalue weighted by atomic mass is 127. The average Bonchev–Trinajstić information content (AvgIpc) is 3.61. The largest absolute Gasteiger partial charge is 0.273 e. The van der Waals surface area contributed by atoms with Gasteiger partial charge in [-0.25, -0.2) is 9.96 Å². The third-order valence-electron chi connectivity index (χ3n) is 6.50. The Bertz CT molecular complexity index is 1520. The second-order valence-corrected chi connectivity index (χ2v) is 10.9. The van der Waals surface area contributed by atoms with E-state index in [0.29, 0.717) is 5.69 Å². The number of fused-ring (bicyclic) bond motifs is 1. The lowest BCUT2D eigenvalue weighted by Gasteiger charge is -2.28. The fraction of sp³-hybridized carbons (Fsp3) is 0.111. The maximum Gasteiger partial charge on any atom is 0.269 e. The Kier molecular flexibility index (Phi) is 6.01. The number of nitro benzene ring substituents is 1. The zero-order valence-corrected chi connectivity index (χ0v) is 22.0. The predicted octanol–water partition coefficient (Wildman–Crippen LogP) is 5.98. The minimum atomic E-state index is -0.946. The van der Waals surface area contributed by atoms with Crippen LogP contribution in [0.3, 0.4) is 0 Å². The van der Waals surface area contributed by atoms with E-state index in [9.17, 15) is 19.7 Å². The fourth-order valence-corrected chi connectivity index (χ4v) is 6.56. The SMILES string of the molecule is O=C1C2ON(c3ccccc3)C(c3ccc(-c4ccc([N+](=O)[O-])cc4)s3)C2C(=O)N1c1ccccc1I. The summed E-state index contributed by atoms with van der Waals surface area (Å²) in [6, 6.07) is 26.4. The molecule has 3 atom stereocenters. The van der Waals surface area contributed by atoms with E-state index >= 15 is 0 Å². The molecule has 6 rings (SSSR count). The van der Waals surface area contributed by atoms with Gasteiger partial charge in [0.05, 0.1) is 16.3 Å². The summed E-state index contributed by atoms with van der Waals surface area (Å²) in [7, 11) is 0. The van der Waals surface area contributed by atoms with Crippen LogP contribution in [0.4, 0.5) is 17.1 Å². The van der Waals surface area contributed by atoms with E-state index in [4.69, 9.17) is 4.84 Å². The summed E-state index contributed by atoms with van der Waals surface area (Å²) in [4.78, 5) is 47.2. The number of hydroxylamine groups is 1. The molecule has 2 amide bonds. The van der Waals surface area contributed by atoms with E-state index in [-0.39, 0.29) is 17.5 Å². The molecule has 2 fully saturated rings. The van der Waals surface area contributed by atoms with Gasteiger partial charge in [-0.15, -0.1) is 11.3 Å². The molecule has 4 aromatic rings. The molecule has 3 heterocycles. The number of amides is 2. The molecule has 0 radical (unpaired) electrons. The second-order valence-electron chi connectivity index (χ2n) is 8.63. The molecule has 0 spiro atoms. The normalized spacial score (nSPS) is 20.9. The van der Waals surface area contributed by atoms with Gasteiger partial charge in [-0.2, -0.15) is 0 Å². The highest BCUT2D eigenvalue weighted by molar-refractivity contribution is 14.1. The molecule has 0 bridgehead atoms. The van der Waals surface area contributed by atoms with Crippen molar-refractivity contribution in [2.24, 2.45) is 5.92 Å². The smallest absolute Gasteiger partial charge is 0.269 e. The number of imide groups is 1. The first-order valence-electron chi connectivity index (χ1n) is 11.4. The van der Waals surface area contributed by atoms with Gasteiger partial charge in [-0.1, -0.05) is 30.3 Å². The van der Waals surface area contributed by atoms with Gasteiger partial charge in [-0.3, -0.25) is 24.5 Å². The van der Waals surface area contributed by atoms with Crippen LogP contribution in [0.25, 0.3) is 10.4 Å². The standard InChI is InChI=1S/C27H18IN3O5S/c28-19-8-4-5-9-20(19)29-26(32)23-24(30(36-25(23)27(29)33)17-6-2-1-3-7-17)22-15-14-21(37-22)16-10-12-18(13-11-16)31(34)35/h1-15,23-25H. The number of non-ortho nitro benzene ring substituents is 1. The number of carbonyl (C=O) groups is 2. The summed E-state index contributed by atoms with van der Waals surface area (Å²) in [6.45, 7) is 0. The highest BCUT2D eigenvalue weighted by Crippen LogP contribution is 2.50. The van der Waals surface area contributed by atoms with Crippen LogP contribution in [0, 0.1) is 19.6 Å². The number of benzene rings is 3. The van der Waals surface area contributed by atoms with Crippen LogP contribution < -0.4 is 9.96 Å². The number of hydrogen-bond donors (Lipinski definition) is 0. The summed E-state index contributed by atoms with van der Waals surface area (Å²) in [5.41, 5.74) is 2.15. The van der Waals surface area contributed by atoms with Crippen LogP contribution in [0.1, 0.15) is 10.9 Å². The van der Waals surface area contributed by atoms with Gasteiger partial charge in [0.1, 0.15) is 12.0 Å². The summed E-state index contributed by atoms with van der Waals surface area (Å²) in [5.74, 6) is -1.41. The first-order valence-corrected chi connectivity index (χ1v) is 13.3. The average molecular weight is 623 g/mol. The molecule has 3 unspecified atom stereocenters. The van der Waals surface area contributed by atoms with E-state index < -0.39 is 23.0 Å². The fourth-order valence-electron chi connectivity index (χ4n) is 4.79. The molecule has 2 saturated heterocycles. The lowest BCUT2D eigenvalue weighted by molar-refractivity contribution is -0.384. The maximum atomic E-state index is 13.8. The maximum absolute atomic E-state index is 13.8. The van der Waals surface area contributed by atoms with Crippen molar-refractivity contribution < 1.29 is 19.3 Å². The number of rotatable bonds is 5. The van der Waals surface area contributed by atoms with Gasteiger partial charge in [0.2, 0.25) is 5.91 Å². The van der Waals surface area contributed by atoms with E-state index in [1.807, 2.05) is 54.6 Å². The van der Waals surface area contributed by atoms with Crippen LogP contribution in [-0.2, 0) is 14.4 Å². The molecule has 0 N–H and O–H groups in total. The first-order chi connectivity index (χ1) is 17.9. The van der Waals surface area contributed by atoms with Crippen LogP contribution in [0.5, 0.6) is 0 Å². The van der Waals surface area contributed by atoms with Crippen molar-refractivity contribution in [1.82, 2.24) is 0 Å². The van der Waals surface area contributed by atoms with Gasteiger partial charge < -0.3 is 0 Å². The van der Waals surface area contributed by atoms with Crippen molar-refractivity contribution in [2.45, 2.75) is 12.1 Å². The van der Waals surface area contributed by atoms with E-state index in [0.717, 1.165) is 24.6 Å². The van der Waals surface area contributed by atoms with Crippen molar-refractivity contribution >= 4 is 62.8 Å². The molecular formula is C27H18IN3O5S. The number of nitro groups is 1. The minimum Gasteiger partial charge on any atom is -0.273 e. The quantitative estimate of drug-likeness (QED) is 0.118. The van der Waals surface area contributed by atoms with Gasteiger partial charge >= 0.3 is 0 Å². The zero-order chi connectivity index (χ0) is 25.7. The molecule has 37 heavy (non-hydrogen) atoms. The van der Waals surface area contributed by atoms with E-state index in [2.05, 4.69) is 22.6 Å². The van der Waals surface area contributed by atoms with Crippen LogP contribution >= 0.6 is 33.9 Å². The predicted molar refractivity (Wildman–Crippen MR) is 148 cm³/mol. The number of thiophene rings is 1. The monoisotopic (exact) mass is 623 g/mol. The Labute approximate surface area is 229 Å². The summed E-state index contributed by atoms with van der Waals surface area (Å²) < 4.78 is 0.801. The summed E-state index contributed by atoms with van der Waals surface area (Å²) in [5, 5.41) is 12.7. The Morgan fingerprint density at radius 2 is 1.57 bits per heavy atom. The molecule has 184 valence electrons. The molecule has 3 aromatic carbocycles. The van der Waals surface area contributed by atoms with Crippen molar-refractivity contribution in [2.75, 3.05) is 9.96 Å². The highest BCUT2D eigenvalue weighted by Gasteiger charge is 2.60. The number of halogens is 1. The molecule has 2 aliphatic heterocycles. The number of anilines is 2. The topological polar surface area (TPSA) is 93.0 Å². The van der Waals surface area contributed by atoms with Crippen molar-refractivity contribution in [3.63, 3.8) is 0 Å². The Balaban J connectivity index is 1.40. The molecule has 2 aliphatic rings. The number of para-hydroxylation sites is 2. The second kappa shape index (κ2) is 9.36. The molecule has 0 saturated carbocycles. The van der Waals surface area contributed by atoms with Gasteiger partial charge in [0.25, 0.3) is 11.6 Å². The Morgan fingerprint density at radius 3 is 2.27 bits per heavy atom. The molecule has 1 aromatic heterocycles.